The topological polar surface area (TPSA) is 135 Å². The number of phenols is 2. The molecule has 9 nitrogen and oxygen atoms in total. The lowest BCUT2D eigenvalue weighted by atomic mass is 9.95. The van der Waals surface area contributed by atoms with Gasteiger partial charge in [0, 0.05) is 24.8 Å². The number of carbonyl (C=O) groups excluding carboxylic acids is 1. The Morgan fingerprint density at radius 3 is 2.72 bits per heavy atom. The molecule has 2 aromatic carbocycles. The van der Waals surface area contributed by atoms with E-state index in [9.17, 15) is 25.1 Å². The number of nitrogens with one attached hydrogen (secondary N) is 1. The summed E-state index contributed by atoms with van der Waals surface area (Å²) in [5.74, 6) is -0.596. The first-order chi connectivity index (χ1) is 13.8. The molecule has 1 amide bonds. The van der Waals surface area contributed by atoms with Crippen LogP contribution in [0.1, 0.15) is 31.0 Å². The summed E-state index contributed by atoms with van der Waals surface area (Å²) in [5.41, 5.74) is 0.364. The Morgan fingerprint density at radius 2 is 2.07 bits per heavy atom. The van der Waals surface area contributed by atoms with Crippen LogP contribution < -0.4 is 10.1 Å². The fourth-order valence-corrected chi connectivity index (χ4v) is 3.13. The lowest BCUT2D eigenvalue weighted by molar-refractivity contribution is -0.383. The van der Waals surface area contributed by atoms with Gasteiger partial charge in [-0.3, -0.25) is 19.9 Å². The molecule has 0 saturated heterocycles. The molecule has 3 N–H and O–H groups in total. The number of carbonyl (C=O) groups is 1. The molecule has 0 fully saturated rings. The standard InChI is InChI=1S/C20H19N3O6/c1-3-29-17-9-12(6-7-16(17)25)18(22-11(2)24)14-10-15(23(27)28)13-5-4-8-21-19(13)20(14)26/h4-10,18,25-26H,3H2,1-2H3,(H,22,24)/t18-/m0/s1. The molecule has 0 bridgehead atoms. The summed E-state index contributed by atoms with van der Waals surface area (Å²) in [6, 6.07) is 7.74. The molecule has 0 aliphatic carbocycles. The molecular formula is C20H19N3O6. The van der Waals surface area contributed by atoms with E-state index in [2.05, 4.69) is 10.3 Å². The number of non-ortho nitro benzene ring substituents is 1. The van der Waals surface area contributed by atoms with Crippen molar-refractivity contribution in [1.82, 2.24) is 10.3 Å². The third-order valence-corrected chi connectivity index (χ3v) is 4.35. The number of hydrogen-bond donors (Lipinski definition) is 3. The predicted octanol–water partition coefficient (Wildman–Crippen LogP) is 3.18. The maximum atomic E-state index is 11.8. The van der Waals surface area contributed by atoms with E-state index in [0.29, 0.717) is 12.2 Å². The zero-order valence-corrected chi connectivity index (χ0v) is 15.7. The summed E-state index contributed by atoms with van der Waals surface area (Å²) < 4.78 is 5.38. The number of nitrogens with zero attached hydrogens (tertiary/aromatic N) is 2. The van der Waals surface area contributed by atoms with Crippen molar-refractivity contribution in [2.45, 2.75) is 19.9 Å². The van der Waals surface area contributed by atoms with Crippen molar-refractivity contribution in [1.29, 1.82) is 0 Å². The first-order valence-corrected chi connectivity index (χ1v) is 8.81. The van der Waals surface area contributed by atoms with E-state index in [1.807, 2.05) is 0 Å². The van der Waals surface area contributed by atoms with Gasteiger partial charge in [0.05, 0.1) is 23.0 Å². The van der Waals surface area contributed by atoms with Gasteiger partial charge in [-0.2, -0.15) is 0 Å². The first kappa shape index (κ1) is 19.9. The summed E-state index contributed by atoms with van der Waals surface area (Å²) in [5, 5.41) is 35.2. The van der Waals surface area contributed by atoms with E-state index in [1.165, 1.54) is 49.5 Å². The van der Waals surface area contributed by atoms with Crippen molar-refractivity contribution < 1.29 is 24.7 Å². The summed E-state index contributed by atoms with van der Waals surface area (Å²) in [6.45, 7) is 3.35. The van der Waals surface area contributed by atoms with Crippen LogP contribution in [0.25, 0.3) is 10.9 Å². The van der Waals surface area contributed by atoms with Crippen LogP contribution >= 0.6 is 0 Å². The van der Waals surface area contributed by atoms with Crippen molar-refractivity contribution in [2.24, 2.45) is 0 Å². The van der Waals surface area contributed by atoms with E-state index in [-0.39, 0.29) is 39.4 Å². The normalized spacial score (nSPS) is 11.8. The molecule has 0 aliphatic heterocycles. The number of amides is 1. The molecule has 1 atom stereocenters. The Kier molecular flexibility index (Phi) is 5.49. The number of nitro groups is 1. The first-order valence-electron chi connectivity index (χ1n) is 8.81. The van der Waals surface area contributed by atoms with Gasteiger partial charge >= 0.3 is 0 Å². The second-order valence-corrected chi connectivity index (χ2v) is 6.28. The van der Waals surface area contributed by atoms with Gasteiger partial charge in [0.15, 0.2) is 11.5 Å². The number of aromatic hydroxyl groups is 2. The predicted molar refractivity (Wildman–Crippen MR) is 105 cm³/mol. The molecule has 0 saturated carbocycles. The van der Waals surface area contributed by atoms with Gasteiger partial charge in [-0.05, 0) is 36.8 Å². The number of aromatic nitrogens is 1. The number of phenolic OH excluding ortho intramolecular Hbond substituents is 2. The minimum Gasteiger partial charge on any atom is -0.505 e. The molecule has 0 radical (unpaired) electrons. The van der Waals surface area contributed by atoms with Crippen molar-refractivity contribution in [3.63, 3.8) is 0 Å². The van der Waals surface area contributed by atoms with E-state index < -0.39 is 16.9 Å². The zero-order valence-electron chi connectivity index (χ0n) is 15.7. The molecule has 150 valence electrons. The van der Waals surface area contributed by atoms with E-state index in [0.717, 1.165) is 0 Å². The lowest BCUT2D eigenvalue weighted by Crippen LogP contribution is -2.27. The molecule has 29 heavy (non-hydrogen) atoms. The van der Waals surface area contributed by atoms with E-state index in [1.54, 1.807) is 6.92 Å². The van der Waals surface area contributed by atoms with E-state index >= 15 is 0 Å². The highest BCUT2D eigenvalue weighted by Gasteiger charge is 2.27. The van der Waals surface area contributed by atoms with Crippen LogP contribution in [-0.4, -0.2) is 32.6 Å². The second kappa shape index (κ2) is 8.01. The van der Waals surface area contributed by atoms with Crippen LogP contribution in [0.3, 0.4) is 0 Å². The van der Waals surface area contributed by atoms with Gasteiger partial charge in [-0.15, -0.1) is 0 Å². The van der Waals surface area contributed by atoms with Gasteiger partial charge in [0.1, 0.15) is 11.3 Å². The number of rotatable bonds is 6. The fraction of sp³-hybridized carbons (Fsp3) is 0.200. The summed E-state index contributed by atoms with van der Waals surface area (Å²) in [4.78, 5) is 26.9. The minimum absolute atomic E-state index is 0.0517. The molecular weight excluding hydrogens is 378 g/mol. The smallest absolute Gasteiger partial charge is 0.279 e. The highest BCUT2D eigenvalue weighted by atomic mass is 16.6. The maximum Gasteiger partial charge on any atom is 0.279 e. The number of nitro benzene ring substituents is 1. The van der Waals surface area contributed by atoms with Gasteiger partial charge in [0.25, 0.3) is 5.69 Å². The highest BCUT2D eigenvalue weighted by molar-refractivity contribution is 5.93. The summed E-state index contributed by atoms with van der Waals surface area (Å²) in [6.07, 6.45) is 1.41. The Hall–Kier alpha value is -3.88. The highest BCUT2D eigenvalue weighted by Crippen LogP contribution is 2.40. The van der Waals surface area contributed by atoms with E-state index in [4.69, 9.17) is 4.74 Å². The summed E-state index contributed by atoms with van der Waals surface area (Å²) in [7, 11) is 0. The minimum atomic E-state index is -0.933. The van der Waals surface area contributed by atoms with Gasteiger partial charge in [-0.1, -0.05) is 6.07 Å². The average molecular weight is 397 g/mol. The number of fused-ring (bicyclic) bond motifs is 1. The maximum absolute atomic E-state index is 11.8. The van der Waals surface area contributed by atoms with Crippen molar-refractivity contribution >= 4 is 22.5 Å². The molecule has 0 spiro atoms. The molecule has 3 aromatic rings. The third-order valence-electron chi connectivity index (χ3n) is 4.35. The number of pyridine rings is 1. The Labute approximate surface area is 165 Å². The van der Waals surface area contributed by atoms with Crippen LogP contribution in [-0.2, 0) is 4.79 Å². The summed E-state index contributed by atoms with van der Waals surface area (Å²) >= 11 is 0. The van der Waals surface area contributed by atoms with Crippen molar-refractivity contribution in [2.75, 3.05) is 6.61 Å². The quantitative estimate of drug-likeness (QED) is 0.429. The Balaban J connectivity index is 2.26. The van der Waals surface area contributed by atoms with Crippen molar-refractivity contribution in [3.05, 3.63) is 63.8 Å². The Bertz CT molecular complexity index is 1100. The monoisotopic (exact) mass is 397 g/mol. The van der Waals surface area contributed by atoms with Crippen LogP contribution in [0.4, 0.5) is 5.69 Å². The van der Waals surface area contributed by atoms with Gasteiger partial charge in [-0.25, -0.2) is 0 Å². The van der Waals surface area contributed by atoms with Crippen molar-refractivity contribution in [3.8, 4) is 17.2 Å². The molecule has 0 aliphatic rings. The molecule has 9 heteroatoms. The molecule has 0 unspecified atom stereocenters. The Morgan fingerprint density at radius 1 is 1.31 bits per heavy atom. The molecule has 3 rings (SSSR count). The third kappa shape index (κ3) is 3.88. The van der Waals surface area contributed by atoms with Gasteiger partial charge in [0.2, 0.25) is 5.91 Å². The second-order valence-electron chi connectivity index (χ2n) is 6.28. The molecule has 1 aromatic heterocycles. The average Bonchev–Trinajstić information content (AvgIpc) is 2.68. The van der Waals surface area contributed by atoms with Crippen LogP contribution in [0.2, 0.25) is 0 Å². The molecule has 1 heterocycles. The van der Waals surface area contributed by atoms with Crippen LogP contribution in [0, 0.1) is 10.1 Å². The zero-order chi connectivity index (χ0) is 21.1. The largest absolute Gasteiger partial charge is 0.505 e. The number of hydrogen-bond acceptors (Lipinski definition) is 7. The van der Waals surface area contributed by atoms with Crippen LogP contribution in [0.15, 0.2) is 42.6 Å². The number of ether oxygens (including phenoxy) is 1. The SMILES string of the molecule is CCOc1cc([C@H](NC(C)=O)c2cc([N+](=O)[O-])c3cccnc3c2O)ccc1O. The lowest BCUT2D eigenvalue weighted by Gasteiger charge is -2.21. The number of benzene rings is 2. The fourth-order valence-electron chi connectivity index (χ4n) is 3.13. The van der Waals surface area contributed by atoms with Crippen LogP contribution in [0.5, 0.6) is 17.2 Å². The van der Waals surface area contributed by atoms with Gasteiger partial charge < -0.3 is 20.3 Å².